The van der Waals surface area contributed by atoms with Gasteiger partial charge in [0, 0.05) is 47.1 Å². The minimum Gasteiger partial charge on any atom is -0.338 e. The topological polar surface area (TPSA) is 78.1 Å². The number of carbonyl (C=O) groups excluding carboxylic acids is 2. The highest BCUT2D eigenvalue weighted by atomic mass is 35.5. The predicted molar refractivity (Wildman–Crippen MR) is 92.1 cm³/mol. The first kappa shape index (κ1) is 15.5. The van der Waals surface area contributed by atoms with Gasteiger partial charge in [0.15, 0.2) is 0 Å². The normalized spacial score (nSPS) is 19.5. The lowest BCUT2D eigenvalue weighted by Crippen LogP contribution is -2.39. The van der Waals surface area contributed by atoms with Crippen molar-refractivity contribution in [2.24, 2.45) is 0 Å². The molecule has 1 atom stereocenters. The van der Waals surface area contributed by atoms with Crippen molar-refractivity contribution in [2.75, 3.05) is 11.9 Å². The number of aromatic nitrogens is 2. The first-order chi connectivity index (χ1) is 11.6. The molecule has 0 fully saturated rings. The lowest BCUT2D eigenvalue weighted by atomic mass is 10.1. The van der Waals surface area contributed by atoms with Gasteiger partial charge in [0.1, 0.15) is 0 Å². The van der Waals surface area contributed by atoms with Gasteiger partial charge in [-0.1, -0.05) is 11.6 Å². The summed E-state index contributed by atoms with van der Waals surface area (Å²) in [5, 5.41) is 9.97. The van der Waals surface area contributed by atoms with Gasteiger partial charge in [0.2, 0.25) is 11.8 Å². The van der Waals surface area contributed by atoms with Crippen molar-refractivity contribution in [1.82, 2.24) is 15.1 Å². The lowest BCUT2D eigenvalue weighted by molar-refractivity contribution is -0.133. The first-order valence-electron chi connectivity index (χ1n) is 7.66. The third-order valence-electron chi connectivity index (χ3n) is 4.27. The van der Waals surface area contributed by atoms with E-state index in [1.807, 2.05) is 6.07 Å². The number of halogens is 1. The SMILES string of the molecule is O=C1Nc2cc(Cl)ccc2SC1CC(=O)N1CCc2[nH]ncc2C1. The Morgan fingerprint density at radius 3 is 3.21 bits per heavy atom. The molecule has 2 aliphatic rings. The third kappa shape index (κ3) is 2.89. The van der Waals surface area contributed by atoms with E-state index >= 15 is 0 Å². The largest absolute Gasteiger partial charge is 0.338 e. The van der Waals surface area contributed by atoms with E-state index in [-0.39, 0.29) is 18.2 Å². The molecule has 2 aliphatic heterocycles. The summed E-state index contributed by atoms with van der Waals surface area (Å²) in [6.45, 7) is 1.20. The number of fused-ring (bicyclic) bond motifs is 2. The van der Waals surface area contributed by atoms with E-state index in [9.17, 15) is 9.59 Å². The summed E-state index contributed by atoms with van der Waals surface area (Å²) in [7, 11) is 0. The van der Waals surface area contributed by atoms with Crippen molar-refractivity contribution in [1.29, 1.82) is 0 Å². The highest BCUT2D eigenvalue weighted by Crippen LogP contribution is 2.38. The molecule has 0 bridgehead atoms. The third-order valence-corrected chi connectivity index (χ3v) is 5.78. The van der Waals surface area contributed by atoms with Crippen LogP contribution in [0.5, 0.6) is 0 Å². The number of hydrogen-bond donors (Lipinski definition) is 2. The van der Waals surface area contributed by atoms with Crippen LogP contribution < -0.4 is 5.32 Å². The number of nitrogens with one attached hydrogen (secondary N) is 2. The zero-order valence-corrected chi connectivity index (χ0v) is 14.3. The predicted octanol–water partition coefficient (Wildman–Crippen LogP) is 2.45. The van der Waals surface area contributed by atoms with Crippen molar-refractivity contribution >= 4 is 40.9 Å². The summed E-state index contributed by atoms with van der Waals surface area (Å²) >= 11 is 7.37. The number of anilines is 1. The standard InChI is InChI=1S/C16H15ClN4O2S/c17-10-1-2-13-12(5-10)19-16(23)14(24-13)6-15(22)21-4-3-11-9(8-21)7-18-20-11/h1-2,5,7,14H,3-4,6,8H2,(H,18,20)(H,19,23). The Morgan fingerprint density at radius 2 is 2.33 bits per heavy atom. The van der Waals surface area contributed by atoms with Crippen LogP contribution in [0.2, 0.25) is 5.02 Å². The van der Waals surface area contributed by atoms with Crippen molar-refractivity contribution < 1.29 is 9.59 Å². The second-order valence-corrected chi connectivity index (χ2v) is 7.56. The van der Waals surface area contributed by atoms with Gasteiger partial charge in [-0.05, 0) is 18.2 Å². The zero-order chi connectivity index (χ0) is 16.7. The van der Waals surface area contributed by atoms with Gasteiger partial charge >= 0.3 is 0 Å². The number of hydrogen-bond acceptors (Lipinski definition) is 4. The fourth-order valence-electron chi connectivity index (χ4n) is 2.98. The maximum atomic E-state index is 12.6. The maximum absolute atomic E-state index is 12.6. The smallest absolute Gasteiger partial charge is 0.238 e. The number of H-pyrrole nitrogens is 1. The molecule has 1 unspecified atom stereocenters. The molecule has 2 amide bonds. The Kier molecular flexibility index (Phi) is 3.97. The maximum Gasteiger partial charge on any atom is 0.238 e. The van der Waals surface area contributed by atoms with Crippen molar-refractivity contribution in [3.05, 3.63) is 40.7 Å². The minimum absolute atomic E-state index is 0.00749. The second kappa shape index (κ2) is 6.14. The number of thioether (sulfide) groups is 1. The van der Waals surface area contributed by atoms with Crippen LogP contribution in [-0.2, 0) is 22.6 Å². The molecule has 0 spiro atoms. The molecule has 2 aromatic rings. The Labute approximate surface area is 147 Å². The van der Waals surface area contributed by atoms with Gasteiger partial charge in [-0.2, -0.15) is 5.10 Å². The highest BCUT2D eigenvalue weighted by molar-refractivity contribution is 8.01. The van der Waals surface area contributed by atoms with E-state index in [0.717, 1.165) is 22.6 Å². The number of aromatic amines is 1. The second-order valence-electron chi connectivity index (χ2n) is 5.88. The minimum atomic E-state index is -0.420. The number of rotatable bonds is 2. The summed E-state index contributed by atoms with van der Waals surface area (Å²) in [5.74, 6) is -0.156. The van der Waals surface area contributed by atoms with E-state index in [1.165, 1.54) is 11.8 Å². The van der Waals surface area contributed by atoms with Gasteiger partial charge in [-0.3, -0.25) is 14.7 Å². The summed E-state index contributed by atoms with van der Waals surface area (Å²) in [6, 6.07) is 5.39. The van der Waals surface area contributed by atoms with Crippen LogP contribution in [0.3, 0.4) is 0 Å². The monoisotopic (exact) mass is 362 g/mol. The van der Waals surface area contributed by atoms with E-state index in [0.29, 0.717) is 23.8 Å². The molecule has 0 aliphatic carbocycles. The molecule has 6 nitrogen and oxygen atoms in total. The van der Waals surface area contributed by atoms with Gasteiger partial charge in [-0.25, -0.2) is 0 Å². The average Bonchev–Trinajstić information content (AvgIpc) is 3.03. The molecule has 24 heavy (non-hydrogen) atoms. The van der Waals surface area contributed by atoms with Crippen molar-refractivity contribution in [3.63, 3.8) is 0 Å². The van der Waals surface area contributed by atoms with E-state index < -0.39 is 5.25 Å². The number of nitrogens with zero attached hydrogens (tertiary/aromatic N) is 2. The van der Waals surface area contributed by atoms with Crippen LogP contribution in [0.25, 0.3) is 0 Å². The number of carbonyl (C=O) groups is 2. The molecule has 0 saturated carbocycles. The van der Waals surface area contributed by atoms with Gasteiger partial charge in [-0.15, -0.1) is 11.8 Å². The molecule has 4 rings (SSSR count). The quantitative estimate of drug-likeness (QED) is 0.860. The molecule has 3 heterocycles. The summed E-state index contributed by atoms with van der Waals surface area (Å²) in [4.78, 5) is 27.6. The highest BCUT2D eigenvalue weighted by Gasteiger charge is 2.31. The van der Waals surface area contributed by atoms with Crippen LogP contribution >= 0.6 is 23.4 Å². The molecule has 124 valence electrons. The van der Waals surface area contributed by atoms with Crippen LogP contribution in [0.1, 0.15) is 17.7 Å². The van der Waals surface area contributed by atoms with Crippen LogP contribution in [0.15, 0.2) is 29.3 Å². The molecule has 2 N–H and O–H groups in total. The molecule has 8 heteroatoms. The zero-order valence-electron chi connectivity index (χ0n) is 12.7. The number of amides is 2. The molecule has 1 aromatic carbocycles. The molecule has 1 aromatic heterocycles. The Balaban J connectivity index is 1.45. The van der Waals surface area contributed by atoms with Gasteiger partial charge in [0.05, 0.1) is 17.1 Å². The summed E-state index contributed by atoms with van der Waals surface area (Å²) in [5.41, 5.74) is 2.85. The Bertz CT molecular complexity index is 822. The lowest BCUT2D eigenvalue weighted by Gasteiger charge is -2.29. The Morgan fingerprint density at radius 1 is 1.46 bits per heavy atom. The van der Waals surface area contributed by atoms with Crippen molar-refractivity contribution in [3.8, 4) is 0 Å². The Hall–Kier alpha value is -1.99. The fraction of sp³-hybridized carbons (Fsp3) is 0.312. The van der Waals surface area contributed by atoms with E-state index in [2.05, 4.69) is 15.5 Å². The molecular formula is C16H15ClN4O2S. The summed E-state index contributed by atoms with van der Waals surface area (Å²) < 4.78 is 0. The summed E-state index contributed by atoms with van der Waals surface area (Å²) in [6.07, 6.45) is 2.72. The van der Waals surface area contributed by atoms with E-state index in [1.54, 1.807) is 23.2 Å². The fourth-order valence-corrected chi connectivity index (χ4v) is 4.23. The van der Waals surface area contributed by atoms with E-state index in [4.69, 9.17) is 11.6 Å². The number of benzene rings is 1. The van der Waals surface area contributed by atoms with Crippen LogP contribution in [-0.4, -0.2) is 38.7 Å². The van der Waals surface area contributed by atoms with Crippen molar-refractivity contribution in [2.45, 2.75) is 29.5 Å². The van der Waals surface area contributed by atoms with Gasteiger partial charge in [0.25, 0.3) is 0 Å². The molecular weight excluding hydrogens is 348 g/mol. The van der Waals surface area contributed by atoms with Crippen LogP contribution in [0, 0.1) is 0 Å². The van der Waals surface area contributed by atoms with Crippen LogP contribution in [0.4, 0.5) is 5.69 Å². The molecule has 0 radical (unpaired) electrons. The average molecular weight is 363 g/mol. The molecule has 0 saturated heterocycles. The first-order valence-corrected chi connectivity index (χ1v) is 8.92. The van der Waals surface area contributed by atoms with Gasteiger partial charge < -0.3 is 10.2 Å².